The summed E-state index contributed by atoms with van der Waals surface area (Å²) in [4.78, 5) is 0. The minimum Gasteiger partial charge on any atom is -0.493 e. The second kappa shape index (κ2) is 6.93. The highest BCUT2D eigenvalue weighted by Crippen LogP contribution is 2.22. The molecule has 1 fully saturated rings. The number of rotatable bonds is 5. The molecule has 0 radical (unpaired) electrons. The molecular weight excluding hydrogens is 228 g/mol. The molecular formula is C11H20O6. The van der Waals surface area contributed by atoms with E-state index < -0.39 is 37.3 Å². The summed E-state index contributed by atoms with van der Waals surface area (Å²) < 4.78 is 10.2. The quantitative estimate of drug-likeness (QED) is 0.471. The number of hydrogen-bond donors (Lipinski definition) is 4. The third kappa shape index (κ3) is 3.65. The average Bonchev–Trinajstić information content (AvgIpc) is 2.33. The molecule has 0 saturated carbocycles. The van der Waals surface area contributed by atoms with Gasteiger partial charge in [0.2, 0.25) is 0 Å². The van der Waals surface area contributed by atoms with Gasteiger partial charge in [-0.2, -0.15) is 0 Å². The molecule has 0 unspecified atom stereocenters. The van der Waals surface area contributed by atoms with Crippen LogP contribution < -0.4 is 0 Å². The zero-order chi connectivity index (χ0) is 12.8. The zero-order valence-electron chi connectivity index (χ0n) is 9.77. The molecule has 6 heteroatoms. The molecule has 0 aromatic rings. The predicted octanol–water partition coefficient (Wildman–Crippen LogP) is -0.883. The monoisotopic (exact) mass is 248 g/mol. The van der Waals surface area contributed by atoms with Crippen molar-refractivity contribution in [1.29, 1.82) is 0 Å². The summed E-state index contributed by atoms with van der Waals surface area (Å²) in [5.74, 6) is 0. The molecule has 1 heterocycles. The number of hydrogen-bond acceptors (Lipinski definition) is 6. The van der Waals surface area contributed by atoms with Crippen LogP contribution in [0.3, 0.4) is 0 Å². The first-order chi connectivity index (χ1) is 8.11. The van der Waals surface area contributed by atoms with Gasteiger partial charge in [-0.15, -0.1) is 0 Å². The first kappa shape index (κ1) is 14.4. The summed E-state index contributed by atoms with van der Waals surface area (Å²) in [6.45, 7) is 1.60. The summed E-state index contributed by atoms with van der Waals surface area (Å²) in [6, 6.07) is 0. The van der Waals surface area contributed by atoms with Crippen molar-refractivity contribution >= 4 is 0 Å². The molecule has 0 aromatic heterocycles. The third-order valence-electron chi connectivity index (χ3n) is 2.63. The van der Waals surface area contributed by atoms with Gasteiger partial charge in [-0.25, -0.2) is 0 Å². The highest BCUT2D eigenvalue weighted by Gasteiger charge is 2.44. The van der Waals surface area contributed by atoms with Crippen LogP contribution in [-0.2, 0) is 9.47 Å². The maximum absolute atomic E-state index is 9.71. The SMILES string of the molecule is CCCC=CO[C@@H]1[C@H](O)[C@@H](O)[C@@H](O)O[C@@H]1CO. The van der Waals surface area contributed by atoms with Crippen molar-refractivity contribution in [3.05, 3.63) is 12.3 Å². The van der Waals surface area contributed by atoms with Crippen molar-refractivity contribution in [2.75, 3.05) is 6.61 Å². The fourth-order valence-corrected chi connectivity index (χ4v) is 1.62. The molecule has 0 amide bonds. The first-order valence-corrected chi connectivity index (χ1v) is 5.72. The van der Waals surface area contributed by atoms with Crippen molar-refractivity contribution < 1.29 is 29.9 Å². The van der Waals surface area contributed by atoms with E-state index >= 15 is 0 Å². The number of ether oxygens (including phenoxy) is 2. The molecule has 6 nitrogen and oxygen atoms in total. The minimum absolute atomic E-state index is 0.410. The summed E-state index contributed by atoms with van der Waals surface area (Å²) in [5.41, 5.74) is 0. The smallest absolute Gasteiger partial charge is 0.184 e. The molecule has 0 bridgehead atoms. The number of aliphatic hydroxyl groups excluding tert-OH is 4. The van der Waals surface area contributed by atoms with Gasteiger partial charge in [0.15, 0.2) is 12.4 Å². The topological polar surface area (TPSA) is 99.4 Å². The van der Waals surface area contributed by atoms with Crippen LogP contribution in [0.5, 0.6) is 0 Å². The van der Waals surface area contributed by atoms with Crippen LogP contribution in [0, 0.1) is 0 Å². The van der Waals surface area contributed by atoms with Gasteiger partial charge in [-0.3, -0.25) is 0 Å². The van der Waals surface area contributed by atoms with Crippen LogP contribution in [0.2, 0.25) is 0 Å². The van der Waals surface area contributed by atoms with E-state index in [2.05, 4.69) is 0 Å². The van der Waals surface area contributed by atoms with E-state index in [9.17, 15) is 15.3 Å². The van der Waals surface area contributed by atoms with Gasteiger partial charge in [0.25, 0.3) is 0 Å². The molecule has 17 heavy (non-hydrogen) atoms. The maximum Gasteiger partial charge on any atom is 0.184 e. The average molecular weight is 248 g/mol. The zero-order valence-corrected chi connectivity index (χ0v) is 9.77. The molecule has 0 spiro atoms. The van der Waals surface area contributed by atoms with E-state index in [1.54, 1.807) is 6.08 Å². The van der Waals surface area contributed by atoms with E-state index in [0.29, 0.717) is 0 Å². The second-order valence-corrected chi connectivity index (χ2v) is 3.99. The molecule has 1 aliphatic heterocycles. The Balaban J connectivity index is 2.58. The number of aliphatic hydroxyl groups is 4. The van der Waals surface area contributed by atoms with E-state index in [0.717, 1.165) is 12.8 Å². The van der Waals surface area contributed by atoms with Crippen LogP contribution in [-0.4, -0.2) is 57.7 Å². The largest absolute Gasteiger partial charge is 0.493 e. The summed E-state index contributed by atoms with van der Waals surface area (Å²) in [6.07, 6.45) is -1.04. The Morgan fingerprint density at radius 1 is 1.24 bits per heavy atom. The lowest BCUT2D eigenvalue weighted by atomic mass is 9.99. The van der Waals surface area contributed by atoms with Crippen LogP contribution >= 0.6 is 0 Å². The Morgan fingerprint density at radius 3 is 2.53 bits per heavy atom. The van der Waals surface area contributed by atoms with Crippen LogP contribution in [0.25, 0.3) is 0 Å². The van der Waals surface area contributed by atoms with Crippen LogP contribution in [0.15, 0.2) is 12.3 Å². The van der Waals surface area contributed by atoms with Gasteiger partial charge in [-0.1, -0.05) is 13.3 Å². The Morgan fingerprint density at radius 2 is 1.94 bits per heavy atom. The minimum atomic E-state index is -1.51. The molecule has 0 aromatic carbocycles. The van der Waals surface area contributed by atoms with E-state index in [-0.39, 0.29) is 0 Å². The number of unbranched alkanes of at least 4 members (excludes halogenated alkanes) is 1. The molecule has 1 aliphatic rings. The fourth-order valence-electron chi connectivity index (χ4n) is 1.62. The lowest BCUT2D eigenvalue weighted by Crippen LogP contribution is -2.59. The molecule has 4 N–H and O–H groups in total. The Labute approximate surface area is 100 Å². The summed E-state index contributed by atoms with van der Waals surface area (Å²) in [5, 5.41) is 37.4. The maximum atomic E-state index is 9.71. The van der Waals surface area contributed by atoms with E-state index in [4.69, 9.17) is 14.6 Å². The van der Waals surface area contributed by atoms with Gasteiger partial charge in [0.1, 0.15) is 18.3 Å². The summed E-state index contributed by atoms with van der Waals surface area (Å²) in [7, 11) is 0. The van der Waals surface area contributed by atoms with Crippen LogP contribution in [0.1, 0.15) is 19.8 Å². The first-order valence-electron chi connectivity index (χ1n) is 5.72. The fraction of sp³-hybridized carbons (Fsp3) is 0.818. The lowest BCUT2D eigenvalue weighted by molar-refractivity contribution is -0.287. The van der Waals surface area contributed by atoms with Crippen LogP contribution in [0.4, 0.5) is 0 Å². The second-order valence-electron chi connectivity index (χ2n) is 3.99. The van der Waals surface area contributed by atoms with Crippen molar-refractivity contribution in [2.24, 2.45) is 0 Å². The molecule has 0 aliphatic carbocycles. The van der Waals surface area contributed by atoms with Gasteiger partial charge in [0, 0.05) is 0 Å². The Hall–Kier alpha value is -0.660. The van der Waals surface area contributed by atoms with Gasteiger partial charge in [0.05, 0.1) is 12.9 Å². The molecule has 1 rings (SSSR count). The highest BCUT2D eigenvalue weighted by atomic mass is 16.6. The van der Waals surface area contributed by atoms with Crippen molar-refractivity contribution in [3.63, 3.8) is 0 Å². The lowest BCUT2D eigenvalue weighted by Gasteiger charge is -2.39. The van der Waals surface area contributed by atoms with Crippen molar-refractivity contribution in [3.8, 4) is 0 Å². The molecule has 1 saturated heterocycles. The van der Waals surface area contributed by atoms with Crippen molar-refractivity contribution in [2.45, 2.75) is 50.5 Å². The Kier molecular flexibility index (Phi) is 5.87. The van der Waals surface area contributed by atoms with Crippen molar-refractivity contribution in [1.82, 2.24) is 0 Å². The van der Waals surface area contributed by atoms with Gasteiger partial charge < -0.3 is 29.9 Å². The molecule has 5 atom stereocenters. The van der Waals surface area contributed by atoms with E-state index in [1.807, 2.05) is 6.92 Å². The Bertz CT molecular complexity index is 242. The third-order valence-corrected chi connectivity index (χ3v) is 2.63. The van der Waals surface area contributed by atoms with Gasteiger partial charge in [-0.05, 0) is 12.5 Å². The summed E-state index contributed by atoms with van der Waals surface area (Å²) >= 11 is 0. The standard InChI is InChI=1S/C11H20O6/c1-2-3-4-5-16-10-7(6-12)17-11(15)9(14)8(10)13/h4-5,7-15H,2-3,6H2,1H3/t7-,8-,9-,10+,11+/m1/s1. The highest BCUT2D eigenvalue weighted by molar-refractivity contribution is 4.91. The molecule has 100 valence electrons. The van der Waals surface area contributed by atoms with E-state index in [1.165, 1.54) is 6.26 Å². The normalized spacial score (nSPS) is 38.5. The number of allylic oxidation sites excluding steroid dienone is 1. The predicted molar refractivity (Wildman–Crippen MR) is 58.9 cm³/mol. The van der Waals surface area contributed by atoms with Gasteiger partial charge >= 0.3 is 0 Å².